The molecule has 2 aromatic carbocycles. The summed E-state index contributed by atoms with van der Waals surface area (Å²) in [7, 11) is -3.56. The maximum Gasteiger partial charge on any atom is 0.243 e. The Morgan fingerprint density at radius 2 is 1.74 bits per heavy atom. The SMILES string of the molecule is Cc1ccc(C)c(S(=O)(=O)N2CCCC2c2ccc3c(c2)OCCCO3)c1. The van der Waals surface area contributed by atoms with E-state index in [1.165, 1.54) is 0 Å². The predicted octanol–water partition coefficient (Wildman–Crippen LogP) is 3.99. The highest BCUT2D eigenvalue weighted by molar-refractivity contribution is 7.89. The lowest BCUT2D eigenvalue weighted by molar-refractivity contribution is 0.296. The lowest BCUT2D eigenvalue weighted by Crippen LogP contribution is -2.31. The molecule has 1 unspecified atom stereocenters. The fraction of sp³-hybridized carbons (Fsp3) is 0.429. The monoisotopic (exact) mass is 387 g/mol. The molecule has 0 aromatic heterocycles. The molecule has 4 rings (SSSR count). The second kappa shape index (κ2) is 7.17. The van der Waals surface area contributed by atoms with Gasteiger partial charge in [0.1, 0.15) is 0 Å². The fourth-order valence-electron chi connectivity index (χ4n) is 3.86. The molecule has 2 heterocycles. The van der Waals surface area contributed by atoms with Crippen molar-refractivity contribution in [1.82, 2.24) is 4.31 Å². The van der Waals surface area contributed by atoms with Gasteiger partial charge in [-0.2, -0.15) is 4.31 Å². The van der Waals surface area contributed by atoms with Crippen LogP contribution in [0.4, 0.5) is 0 Å². The van der Waals surface area contributed by atoms with Gasteiger partial charge in [-0.1, -0.05) is 18.2 Å². The lowest BCUT2D eigenvalue weighted by Gasteiger charge is -2.26. The average Bonchev–Trinajstić information content (AvgIpc) is 3.03. The molecule has 27 heavy (non-hydrogen) atoms. The predicted molar refractivity (Wildman–Crippen MR) is 104 cm³/mol. The van der Waals surface area contributed by atoms with Gasteiger partial charge in [0.15, 0.2) is 11.5 Å². The molecule has 144 valence electrons. The second-order valence-electron chi connectivity index (χ2n) is 7.30. The number of hydrogen-bond acceptors (Lipinski definition) is 4. The Kier molecular flexibility index (Phi) is 4.86. The Morgan fingerprint density at radius 1 is 0.963 bits per heavy atom. The summed E-state index contributed by atoms with van der Waals surface area (Å²) in [6, 6.07) is 11.2. The van der Waals surface area contributed by atoms with E-state index in [1.807, 2.05) is 44.2 Å². The number of fused-ring (bicyclic) bond motifs is 1. The van der Waals surface area contributed by atoms with E-state index in [0.717, 1.165) is 41.7 Å². The molecule has 2 aromatic rings. The first-order valence-electron chi connectivity index (χ1n) is 9.45. The molecule has 6 heteroatoms. The summed E-state index contributed by atoms with van der Waals surface area (Å²) >= 11 is 0. The van der Waals surface area contributed by atoms with E-state index in [-0.39, 0.29) is 6.04 Å². The molecule has 1 saturated heterocycles. The summed E-state index contributed by atoms with van der Waals surface area (Å²) in [6.07, 6.45) is 2.51. The van der Waals surface area contributed by atoms with Gasteiger partial charge in [-0.3, -0.25) is 0 Å². The molecule has 2 aliphatic heterocycles. The first-order chi connectivity index (χ1) is 13.0. The Morgan fingerprint density at radius 3 is 2.56 bits per heavy atom. The van der Waals surface area contributed by atoms with Gasteiger partial charge >= 0.3 is 0 Å². The molecule has 2 aliphatic rings. The van der Waals surface area contributed by atoms with Crippen molar-refractivity contribution in [3.05, 3.63) is 53.1 Å². The van der Waals surface area contributed by atoms with Crippen LogP contribution in [0.1, 0.15) is 42.0 Å². The van der Waals surface area contributed by atoms with Gasteiger partial charge in [-0.05, 0) is 61.6 Å². The summed E-state index contributed by atoms with van der Waals surface area (Å²) in [5, 5.41) is 0. The number of benzene rings is 2. The highest BCUT2D eigenvalue weighted by Gasteiger charge is 2.37. The smallest absolute Gasteiger partial charge is 0.243 e. The van der Waals surface area contributed by atoms with Crippen LogP contribution in [-0.4, -0.2) is 32.5 Å². The van der Waals surface area contributed by atoms with Crippen molar-refractivity contribution in [2.24, 2.45) is 0 Å². The molecule has 0 N–H and O–H groups in total. The molecule has 0 radical (unpaired) electrons. The topological polar surface area (TPSA) is 55.8 Å². The van der Waals surface area contributed by atoms with Crippen LogP contribution in [0.5, 0.6) is 11.5 Å². The standard InChI is InChI=1S/C21H25NO4S/c1-15-6-7-16(2)21(13-15)27(23,24)22-10-3-5-18(22)17-8-9-19-20(14-17)26-12-4-11-25-19/h6-9,13-14,18H,3-5,10-12H2,1-2H3. The fourth-order valence-corrected chi connectivity index (χ4v) is 5.85. The minimum Gasteiger partial charge on any atom is -0.490 e. The third-order valence-corrected chi connectivity index (χ3v) is 7.34. The van der Waals surface area contributed by atoms with E-state index >= 15 is 0 Å². The Balaban J connectivity index is 1.70. The summed E-state index contributed by atoms with van der Waals surface area (Å²) in [5.74, 6) is 1.44. The third kappa shape index (κ3) is 3.44. The van der Waals surface area contributed by atoms with Crippen LogP contribution in [0.25, 0.3) is 0 Å². The normalized spacial score (nSPS) is 20.4. The van der Waals surface area contributed by atoms with Crippen molar-refractivity contribution in [1.29, 1.82) is 0 Å². The molecule has 0 spiro atoms. The van der Waals surface area contributed by atoms with Gasteiger partial charge in [-0.25, -0.2) is 8.42 Å². The van der Waals surface area contributed by atoms with Crippen molar-refractivity contribution in [3.63, 3.8) is 0 Å². The molecular weight excluding hydrogens is 362 g/mol. The van der Waals surface area contributed by atoms with Gasteiger partial charge in [0, 0.05) is 13.0 Å². The minimum absolute atomic E-state index is 0.174. The van der Waals surface area contributed by atoms with Crippen LogP contribution in [0.15, 0.2) is 41.3 Å². The zero-order valence-corrected chi connectivity index (χ0v) is 16.6. The van der Waals surface area contributed by atoms with E-state index in [2.05, 4.69) is 0 Å². The minimum atomic E-state index is -3.56. The number of rotatable bonds is 3. The molecular formula is C21H25NO4S. The Bertz CT molecular complexity index is 955. The maximum atomic E-state index is 13.4. The molecule has 1 fully saturated rings. The number of hydrogen-bond donors (Lipinski definition) is 0. The zero-order valence-electron chi connectivity index (χ0n) is 15.8. The number of nitrogens with zero attached hydrogens (tertiary/aromatic N) is 1. The van der Waals surface area contributed by atoms with Gasteiger partial charge in [0.2, 0.25) is 10.0 Å². The highest BCUT2D eigenvalue weighted by atomic mass is 32.2. The van der Waals surface area contributed by atoms with E-state index in [9.17, 15) is 8.42 Å². The summed E-state index contributed by atoms with van der Waals surface area (Å²) in [6.45, 7) is 5.57. The number of ether oxygens (including phenoxy) is 2. The molecule has 0 amide bonds. The van der Waals surface area contributed by atoms with Crippen LogP contribution < -0.4 is 9.47 Å². The van der Waals surface area contributed by atoms with E-state index in [4.69, 9.17) is 9.47 Å². The lowest BCUT2D eigenvalue weighted by atomic mass is 10.0. The highest BCUT2D eigenvalue weighted by Crippen LogP contribution is 2.40. The first-order valence-corrected chi connectivity index (χ1v) is 10.9. The third-order valence-electron chi connectivity index (χ3n) is 5.29. The van der Waals surface area contributed by atoms with Crippen molar-refractivity contribution in [2.45, 2.75) is 44.0 Å². The van der Waals surface area contributed by atoms with Crippen LogP contribution in [-0.2, 0) is 10.0 Å². The van der Waals surface area contributed by atoms with E-state index < -0.39 is 10.0 Å². The van der Waals surface area contributed by atoms with Gasteiger partial charge in [0.25, 0.3) is 0 Å². The molecule has 1 atom stereocenters. The van der Waals surface area contributed by atoms with Crippen molar-refractivity contribution in [2.75, 3.05) is 19.8 Å². The largest absolute Gasteiger partial charge is 0.490 e. The van der Waals surface area contributed by atoms with E-state index in [1.54, 1.807) is 10.4 Å². The first kappa shape index (κ1) is 18.3. The maximum absolute atomic E-state index is 13.4. The Hall–Kier alpha value is -2.05. The van der Waals surface area contributed by atoms with Gasteiger partial charge < -0.3 is 9.47 Å². The second-order valence-corrected chi connectivity index (χ2v) is 9.16. The number of sulfonamides is 1. The molecule has 0 saturated carbocycles. The van der Waals surface area contributed by atoms with Crippen molar-refractivity contribution in [3.8, 4) is 11.5 Å². The van der Waals surface area contributed by atoms with E-state index in [0.29, 0.717) is 30.4 Å². The van der Waals surface area contributed by atoms with Crippen LogP contribution in [0, 0.1) is 13.8 Å². The average molecular weight is 388 g/mol. The van der Waals surface area contributed by atoms with Crippen molar-refractivity contribution >= 4 is 10.0 Å². The number of aryl methyl sites for hydroxylation is 2. The van der Waals surface area contributed by atoms with Crippen molar-refractivity contribution < 1.29 is 17.9 Å². The molecule has 5 nitrogen and oxygen atoms in total. The Labute approximate surface area is 161 Å². The zero-order chi connectivity index (χ0) is 19.0. The molecule has 0 aliphatic carbocycles. The molecule has 0 bridgehead atoms. The van der Waals surface area contributed by atoms with Crippen LogP contribution >= 0.6 is 0 Å². The summed E-state index contributed by atoms with van der Waals surface area (Å²) in [4.78, 5) is 0.406. The van der Waals surface area contributed by atoms with Crippen LogP contribution in [0.2, 0.25) is 0 Å². The summed E-state index contributed by atoms with van der Waals surface area (Å²) in [5.41, 5.74) is 2.70. The summed E-state index contributed by atoms with van der Waals surface area (Å²) < 4.78 is 40.0. The van der Waals surface area contributed by atoms with Gasteiger partial charge in [0.05, 0.1) is 24.2 Å². The quantitative estimate of drug-likeness (QED) is 0.799. The van der Waals surface area contributed by atoms with Crippen LogP contribution in [0.3, 0.4) is 0 Å². The van der Waals surface area contributed by atoms with Gasteiger partial charge in [-0.15, -0.1) is 0 Å².